The van der Waals surface area contributed by atoms with E-state index in [1.807, 2.05) is 5.38 Å². The molecular formula is C13H22ClNOS. The fraction of sp³-hybridized carbons (Fsp3) is 0.769. The van der Waals surface area contributed by atoms with Crippen molar-refractivity contribution in [1.29, 1.82) is 0 Å². The summed E-state index contributed by atoms with van der Waals surface area (Å²) in [5, 5.41) is 3.23. The lowest BCUT2D eigenvalue weighted by atomic mass is 10.1. The van der Waals surface area contributed by atoms with Crippen LogP contribution in [0.15, 0.2) is 5.38 Å². The third-order valence-electron chi connectivity index (χ3n) is 2.84. The van der Waals surface area contributed by atoms with E-state index in [4.69, 9.17) is 16.3 Å². The molecule has 0 aliphatic carbocycles. The summed E-state index contributed by atoms with van der Waals surface area (Å²) in [6.45, 7) is 7.37. The van der Waals surface area contributed by atoms with Gasteiger partial charge in [-0.05, 0) is 32.1 Å². The minimum absolute atomic E-state index is 0.359. The zero-order valence-corrected chi connectivity index (χ0v) is 12.5. The highest BCUT2D eigenvalue weighted by atomic mass is 35.5. The zero-order chi connectivity index (χ0) is 12.7. The molecule has 2 nitrogen and oxygen atoms in total. The third kappa shape index (κ3) is 5.84. The topological polar surface area (TPSA) is 22.1 Å². The predicted octanol–water partition coefficient (Wildman–Crippen LogP) is 4.27. The van der Waals surface area contributed by atoms with E-state index in [1.54, 1.807) is 11.3 Å². The molecule has 1 atom stereocenters. The fourth-order valence-electron chi connectivity index (χ4n) is 1.37. The summed E-state index contributed by atoms with van der Waals surface area (Å²) in [4.78, 5) is 4.44. The Morgan fingerprint density at radius 1 is 1.35 bits per heavy atom. The Balaban J connectivity index is 2.08. The normalized spacial score (nSPS) is 13.2. The van der Waals surface area contributed by atoms with Gasteiger partial charge in [-0.3, -0.25) is 0 Å². The number of unbranched alkanes of at least 4 members (excludes halogenated alkanes) is 1. The van der Waals surface area contributed by atoms with Crippen molar-refractivity contribution in [1.82, 2.24) is 4.98 Å². The van der Waals surface area contributed by atoms with Crippen molar-refractivity contribution in [3.63, 3.8) is 0 Å². The van der Waals surface area contributed by atoms with E-state index < -0.39 is 0 Å². The average molecular weight is 276 g/mol. The maximum Gasteiger partial charge on any atom is 0.0928 e. The van der Waals surface area contributed by atoms with Crippen LogP contribution in [0.25, 0.3) is 0 Å². The second-order valence-corrected chi connectivity index (χ2v) is 5.85. The van der Waals surface area contributed by atoms with E-state index in [9.17, 15) is 0 Å². The van der Waals surface area contributed by atoms with Gasteiger partial charge >= 0.3 is 0 Å². The minimum Gasteiger partial charge on any atom is -0.378 e. The van der Waals surface area contributed by atoms with Gasteiger partial charge in [-0.15, -0.1) is 22.9 Å². The Kier molecular flexibility index (Phi) is 7.09. The van der Waals surface area contributed by atoms with E-state index in [2.05, 4.69) is 25.8 Å². The first kappa shape index (κ1) is 14.9. The lowest BCUT2D eigenvalue weighted by Crippen LogP contribution is -2.16. The third-order valence-corrected chi connectivity index (χ3v) is 4.07. The molecule has 0 spiro atoms. The zero-order valence-electron chi connectivity index (χ0n) is 10.9. The van der Waals surface area contributed by atoms with Gasteiger partial charge in [-0.2, -0.15) is 0 Å². The van der Waals surface area contributed by atoms with E-state index >= 15 is 0 Å². The van der Waals surface area contributed by atoms with Crippen molar-refractivity contribution in [2.45, 2.75) is 52.0 Å². The van der Waals surface area contributed by atoms with Gasteiger partial charge in [0.1, 0.15) is 0 Å². The molecule has 1 aromatic heterocycles. The van der Waals surface area contributed by atoms with Crippen LogP contribution in [0.2, 0.25) is 0 Å². The molecule has 0 fully saturated rings. The molecular weight excluding hydrogens is 254 g/mol. The van der Waals surface area contributed by atoms with Gasteiger partial charge < -0.3 is 4.74 Å². The minimum atomic E-state index is 0.359. The van der Waals surface area contributed by atoms with Crippen molar-refractivity contribution in [2.75, 3.05) is 6.61 Å². The molecule has 0 N–H and O–H groups in total. The first-order valence-electron chi connectivity index (χ1n) is 6.24. The summed E-state index contributed by atoms with van der Waals surface area (Å²) in [6.07, 6.45) is 3.64. The number of hydrogen-bond acceptors (Lipinski definition) is 3. The Labute approximate surface area is 113 Å². The summed E-state index contributed by atoms with van der Waals surface area (Å²) in [7, 11) is 0. The maximum absolute atomic E-state index is 5.73. The standard InChI is InChI=1S/C13H22ClNOS/c1-10(2)11(3)16-7-5-4-6-13-15-12(8-14)9-17-13/h9-11H,4-8H2,1-3H3. The number of halogens is 1. The SMILES string of the molecule is CC(C)C(C)OCCCCc1nc(CCl)cs1. The maximum atomic E-state index is 5.73. The van der Waals surface area contributed by atoms with Gasteiger partial charge in [-0.1, -0.05) is 13.8 Å². The monoisotopic (exact) mass is 275 g/mol. The van der Waals surface area contributed by atoms with Crippen LogP contribution in [0.4, 0.5) is 0 Å². The molecule has 0 aromatic carbocycles. The van der Waals surface area contributed by atoms with Crippen LogP contribution in [0.5, 0.6) is 0 Å². The first-order chi connectivity index (χ1) is 8.13. The number of aromatic nitrogens is 1. The smallest absolute Gasteiger partial charge is 0.0928 e. The molecule has 17 heavy (non-hydrogen) atoms. The molecule has 0 radical (unpaired) electrons. The summed E-state index contributed by atoms with van der Waals surface area (Å²) < 4.78 is 5.73. The number of nitrogens with zero attached hydrogens (tertiary/aromatic N) is 1. The van der Waals surface area contributed by atoms with Crippen LogP contribution in [0.1, 0.15) is 44.3 Å². The van der Waals surface area contributed by atoms with E-state index in [0.29, 0.717) is 17.9 Å². The van der Waals surface area contributed by atoms with Crippen molar-refractivity contribution in [3.05, 3.63) is 16.1 Å². The fourth-order valence-corrected chi connectivity index (χ4v) is 2.43. The first-order valence-corrected chi connectivity index (χ1v) is 7.65. The highest BCUT2D eigenvalue weighted by Crippen LogP contribution is 2.14. The second-order valence-electron chi connectivity index (χ2n) is 4.64. The number of aryl methyl sites for hydroxylation is 1. The van der Waals surface area contributed by atoms with E-state index in [0.717, 1.165) is 31.6 Å². The Morgan fingerprint density at radius 2 is 2.12 bits per heavy atom. The molecule has 0 aliphatic heterocycles. The van der Waals surface area contributed by atoms with Crippen LogP contribution in [-0.2, 0) is 17.0 Å². The number of ether oxygens (including phenoxy) is 1. The van der Waals surface area contributed by atoms with Crippen LogP contribution < -0.4 is 0 Å². The Hall–Kier alpha value is -0.120. The van der Waals surface area contributed by atoms with Gasteiger partial charge in [0, 0.05) is 12.0 Å². The molecule has 0 saturated carbocycles. The summed E-state index contributed by atoms with van der Waals surface area (Å²) in [6, 6.07) is 0. The van der Waals surface area contributed by atoms with Crippen LogP contribution in [-0.4, -0.2) is 17.7 Å². The molecule has 1 aromatic rings. The van der Waals surface area contributed by atoms with Crippen molar-refractivity contribution < 1.29 is 4.74 Å². The molecule has 0 amide bonds. The lowest BCUT2D eigenvalue weighted by Gasteiger charge is -2.16. The highest BCUT2D eigenvalue weighted by Gasteiger charge is 2.06. The predicted molar refractivity (Wildman–Crippen MR) is 74.9 cm³/mol. The molecule has 1 unspecified atom stereocenters. The van der Waals surface area contributed by atoms with Crippen LogP contribution >= 0.6 is 22.9 Å². The Morgan fingerprint density at radius 3 is 2.71 bits per heavy atom. The van der Waals surface area contributed by atoms with Gasteiger partial charge in [0.05, 0.1) is 22.7 Å². The van der Waals surface area contributed by atoms with Crippen LogP contribution in [0, 0.1) is 5.92 Å². The Bertz CT molecular complexity index is 314. The molecule has 0 aliphatic rings. The molecule has 1 heterocycles. The lowest BCUT2D eigenvalue weighted by molar-refractivity contribution is 0.0334. The van der Waals surface area contributed by atoms with E-state index in [-0.39, 0.29) is 0 Å². The molecule has 4 heteroatoms. The molecule has 0 saturated heterocycles. The van der Waals surface area contributed by atoms with E-state index in [1.165, 1.54) is 5.01 Å². The van der Waals surface area contributed by atoms with Gasteiger partial charge in [-0.25, -0.2) is 4.98 Å². The largest absolute Gasteiger partial charge is 0.378 e. The van der Waals surface area contributed by atoms with Crippen molar-refractivity contribution in [3.8, 4) is 0 Å². The van der Waals surface area contributed by atoms with Crippen molar-refractivity contribution >= 4 is 22.9 Å². The summed E-state index contributed by atoms with van der Waals surface area (Å²) in [5.74, 6) is 1.12. The van der Waals surface area contributed by atoms with Gasteiger partial charge in [0.15, 0.2) is 0 Å². The van der Waals surface area contributed by atoms with Gasteiger partial charge in [0.2, 0.25) is 0 Å². The highest BCUT2D eigenvalue weighted by molar-refractivity contribution is 7.09. The number of thiazole rings is 1. The quantitative estimate of drug-likeness (QED) is 0.522. The average Bonchev–Trinajstić information content (AvgIpc) is 2.76. The van der Waals surface area contributed by atoms with Crippen LogP contribution in [0.3, 0.4) is 0 Å². The van der Waals surface area contributed by atoms with Gasteiger partial charge in [0.25, 0.3) is 0 Å². The molecule has 1 rings (SSSR count). The van der Waals surface area contributed by atoms with Crippen molar-refractivity contribution in [2.24, 2.45) is 5.92 Å². The molecule has 0 bridgehead atoms. The molecule has 98 valence electrons. The number of alkyl halides is 1. The summed E-state index contributed by atoms with van der Waals surface area (Å²) in [5.41, 5.74) is 0.997. The summed E-state index contributed by atoms with van der Waals surface area (Å²) >= 11 is 7.42. The number of rotatable bonds is 8. The number of hydrogen-bond donors (Lipinski definition) is 0. The second kappa shape index (κ2) is 8.06.